The number of rotatable bonds is 9. The second-order valence-electron chi connectivity index (χ2n) is 6.75. The van der Waals surface area contributed by atoms with E-state index in [1.807, 2.05) is 77.6 Å². The largest absolute Gasteiger partial charge is 0.385 e. The van der Waals surface area contributed by atoms with Gasteiger partial charge >= 0.3 is 0 Å². The monoisotopic (exact) mass is 400 g/mol. The second kappa shape index (κ2) is 10.7. The van der Waals surface area contributed by atoms with E-state index in [4.69, 9.17) is 9.84 Å². The van der Waals surface area contributed by atoms with Crippen LogP contribution in [0.5, 0.6) is 0 Å². The van der Waals surface area contributed by atoms with Gasteiger partial charge < -0.3 is 10.1 Å². The number of aromatic nitrogens is 2. The molecule has 6 nitrogen and oxygen atoms in total. The van der Waals surface area contributed by atoms with E-state index < -0.39 is 5.91 Å². The Balaban J connectivity index is 1.90. The number of carbonyl (C=O) groups excluding carboxylic acids is 1. The third-order valence-corrected chi connectivity index (χ3v) is 4.50. The number of methoxy groups -OCH3 is 1. The molecule has 0 unspecified atom stereocenters. The number of carbonyl (C=O) groups is 1. The maximum Gasteiger partial charge on any atom is 0.261 e. The van der Waals surface area contributed by atoms with Crippen LogP contribution in [0.15, 0.2) is 72.4 Å². The molecule has 0 radical (unpaired) electrons. The standard InChI is InChI=1S/C24H24N4O2/c1-30-14-8-13-26-24(29)21(16-25)15-22-18-28(17-19-9-4-2-5-10-19)27-23(22)20-11-6-3-7-12-20/h2-7,9-12,15,18H,8,13-14,17H2,1H3,(H,26,29)/b21-15+. The van der Waals surface area contributed by atoms with E-state index in [1.54, 1.807) is 13.2 Å². The Morgan fingerprint density at radius 3 is 2.53 bits per heavy atom. The third kappa shape index (κ3) is 5.66. The van der Waals surface area contributed by atoms with Gasteiger partial charge in [0, 0.05) is 37.6 Å². The molecule has 3 rings (SSSR count). The Bertz CT molecular complexity index is 1030. The zero-order valence-electron chi connectivity index (χ0n) is 16.9. The van der Waals surface area contributed by atoms with Crippen LogP contribution < -0.4 is 5.32 Å². The minimum Gasteiger partial charge on any atom is -0.385 e. The van der Waals surface area contributed by atoms with Crippen LogP contribution in [-0.2, 0) is 16.1 Å². The van der Waals surface area contributed by atoms with E-state index in [2.05, 4.69) is 5.32 Å². The van der Waals surface area contributed by atoms with Crippen molar-refractivity contribution in [3.8, 4) is 17.3 Å². The van der Waals surface area contributed by atoms with Gasteiger partial charge in [-0.15, -0.1) is 0 Å². The van der Waals surface area contributed by atoms with Gasteiger partial charge in [-0.25, -0.2) is 0 Å². The van der Waals surface area contributed by atoms with Crippen LogP contribution in [0.1, 0.15) is 17.5 Å². The number of benzene rings is 2. The van der Waals surface area contributed by atoms with Crippen molar-refractivity contribution in [2.45, 2.75) is 13.0 Å². The van der Waals surface area contributed by atoms with Gasteiger partial charge in [0.2, 0.25) is 0 Å². The predicted molar refractivity (Wildman–Crippen MR) is 116 cm³/mol. The van der Waals surface area contributed by atoms with Crippen molar-refractivity contribution in [2.75, 3.05) is 20.3 Å². The topological polar surface area (TPSA) is 79.9 Å². The number of nitrogens with zero attached hydrogens (tertiary/aromatic N) is 3. The van der Waals surface area contributed by atoms with Crippen molar-refractivity contribution in [2.24, 2.45) is 0 Å². The number of ether oxygens (including phenoxy) is 1. The lowest BCUT2D eigenvalue weighted by Gasteiger charge is -2.04. The molecule has 30 heavy (non-hydrogen) atoms. The van der Waals surface area contributed by atoms with Crippen LogP contribution in [0.2, 0.25) is 0 Å². The Kier molecular flexibility index (Phi) is 7.53. The van der Waals surface area contributed by atoms with Crippen LogP contribution >= 0.6 is 0 Å². The Morgan fingerprint density at radius 2 is 1.87 bits per heavy atom. The minimum absolute atomic E-state index is 0.0452. The quantitative estimate of drug-likeness (QED) is 0.338. The summed E-state index contributed by atoms with van der Waals surface area (Å²) in [4.78, 5) is 12.4. The highest BCUT2D eigenvalue weighted by Crippen LogP contribution is 2.24. The summed E-state index contributed by atoms with van der Waals surface area (Å²) < 4.78 is 6.81. The number of hydrogen-bond acceptors (Lipinski definition) is 4. The SMILES string of the molecule is COCCCNC(=O)/C(C#N)=C/c1cn(Cc2ccccc2)nc1-c1ccccc1. The molecular weight excluding hydrogens is 376 g/mol. The molecule has 1 N–H and O–H groups in total. The summed E-state index contributed by atoms with van der Waals surface area (Å²) in [5, 5.41) is 17.0. The molecule has 1 amide bonds. The molecule has 0 saturated heterocycles. The first-order chi connectivity index (χ1) is 14.7. The Morgan fingerprint density at radius 1 is 1.17 bits per heavy atom. The number of nitriles is 1. The summed E-state index contributed by atoms with van der Waals surface area (Å²) in [6.07, 6.45) is 4.15. The number of nitrogens with one attached hydrogen (secondary N) is 1. The van der Waals surface area contributed by atoms with Crippen molar-refractivity contribution in [1.29, 1.82) is 5.26 Å². The van der Waals surface area contributed by atoms with E-state index in [1.165, 1.54) is 0 Å². The Labute approximate surface area is 176 Å². The summed E-state index contributed by atoms with van der Waals surface area (Å²) in [6.45, 7) is 1.60. The molecule has 0 aliphatic heterocycles. The van der Waals surface area contributed by atoms with Gasteiger partial charge in [-0.05, 0) is 18.1 Å². The van der Waals surface area contributed by atoms with Crippen LogP contribution in [0.3, 0.4) is 0 Å². The molecule has 0 saturated carbocycles. The summed E-state index contributed by atoms with van der Waals surface area (Å²) >= 11 is 0. The van der Waals surface area contributed by atoms with E-state index in [-0.39, 0.29) is 5.57 Å². The molecule has 0 spiro atoms. The Hall–Kier alpha value is -3.69. The summed E-state index contributed by atoms with van der Waals surface area (Å²) in [5.41, 5.74) is 3.54. The average molecular weight is 400 g/mol. The fraction of sp³-hybridized carbons (Fsp3) is 0.208. The maximum atomic E-state index is 12.4. The van der Waals surface area contributed by atoms with Crippen molar-refractivity contribution < 1.29 is 9.53 Å². The molecule has 2 aromatic carbocycles. The maximum absolute atomic E-state index is 12.4. The van der Waals surface area contributed by atoms with Gasteiger partial charge in [-0.3, -0.25) is 9.48 Å². The average Bonchev–Trinajstić information content (AvgIpc) is 3.18. The second-order valence-corrected chi connectivity index (χ2v) is 6.75. The smallest absolute Gasteiger partial charge is 0.261 e. The summed E-state index contributed by atoms with van der Waals surface area (Å²) in [7, 11) is 1.61. The molecule has 0 atom stereocenters. The molecule has 0 fully saturated rings. The van der Waals surface area contributed by atoms with Crippen LogP contribution in [0, 0.1) is 11.3 Å². The fourth-order valence-corrected chi connectivity index (χ4v) is 3.03. The first-order valence-electron chi connectivity index (χ1n) is 9.77. The van der Waals surface area contributed by atoms with E-state index in [9.17, 15) is 10.1 Å². The summed E-state index contributed by atoms with van der Waals surface area (Å²) in [6, 6.07) is 21.8. The first kappa shape index (κ1) is 21.0. The number of hydrogen-bond donors (Lipinski definition) is 1. The molecule has 1 heterocycles. The molecule has 0 aliphatic rings. The molecular formula is C24H24N4O2. The zero-order valence-corrected chi connectivity index (χ0v) is 16.9. The zero-order chi connectivity index (χ0) is 21.2. The van der Waals surface area contributed by atoms with Crippen molar-refractivity contribution >= 4 is 12.0 Å². The normalized spacial score (nSPS) is 11.1. The van der Waals surface area contributed by atoms with Crippen LogP contribution in [-0.4, -0.2) is 35.9 Å². The fourth-order valence-electron chi connectivity index (χ4n) is 3.03. The highest BCUT2D eigenvalue weighted by molar-refractivity contribution is 6.02. The molecule has 0 bridgehead atoms. The lowest BCUT2D eigenvalue weighted by molar-refractivity contribution is -0.117. The molecule has 6 heteroatoms. The molecule has 1 aromatic heterocycles. The van der Waals surface area contributed by atoms with Gasteiger partial charge in [-0.2, -0.15) is 10.4 Å². The van der Waals surface area contributed by atoms with Crippen molar-refractivity contribution in [1.82, 2.24) is 15.1 Å². The van der Waals surface area contributed by atoms with E-state index >= 15 is 0 Å². The minimum atomic E-state index is -0.400. The lowest BCUT2D eigenvalue weighted by atomic mass is 10.1. The van der Waals surface area contributed by atoms with Gasteiger partial charge in [0.05, 0.1) is 12.2 Å². The van der Waals surface area contributed by atoms with E-state index in [0.29, 0.717) is 26.1 Å². The van der Waals surface area contributed by atoms with Gasteiger partial charge in [0.15, 0.2) is 0 Å². The van der Waals surface area contributed by atoms with Crippen molar-refractivity contribution in [3.05, 3.63) is 83.6 Å². The molecule has 0 aliphatic carbocycles. The molecule has 3 aromatic rings. The first-order valence-corrected chi connectivity index (χ1v) is 9.77. The number of amides is 1. The van der Waals surface area contributed by atoms with Gasteiger partial charge in [-0.1, -0.05) is 60.7 Å². The highest BCUT2D eigenvalue weighted by Gasteiger charge is 2.14. The predicted octanol–water partition coefficient (Wildman–Crippen LogP) is 3.66. The van der Waals surface area contributed by atoms with Crippen LogP contribution in [0.4, 0.5) is 0 Å². The van der Waals surface area contributed by atoms with E-state index in [0.717, 1.165) is 22.4 Å². The van der Waals surface area contributed by atoms with Crippen LogP contribution in [0.25, 0.3) is 17.3 Å². The third-order valence-electron chi connectivity index (χ3n) is 4.50. The lowest BCUT2D eigenvalue weighted by Crippen LogP contribution is -2.26. The van der Waals surface area contributed by atoms with Gasteiger partial charge in [0.1, 0.15) is 11.6 Å². The molecule has 152 valence electrons. The highest BCUT2D eigenvalue weighted by atomic mass is 16.5. The summed E-state index contributed by atoms with van der Waals surface area (Å²) in [5.74, 6) is -0.400. The van der Waals surface area contributed by atoms with Crippen molar-refractivity contribution in [3.63, 3.8) is 0 Å². The van der Waals surface area contributed by atoms with Gasteiger partial charge in [0.25, 0.3) is 5.91 Å².